The van der Waals surface area contributed by atoms with Gasteiger partial charge in [-0.15, -0.1) is 0 Å². The van der Waals surface area contributed by atoms with Crippen molar-refractivity contribution in [2.45, 2.75) is 19.4 Å². The summed E-state index contributed by atoms with van der Waals surface area (Å²) in [5, 5.41) is 2.60. The third-order valence-corrected chi connectivity index (χ3v) is 4.42. The number of nitrogens with zero attached hydrogens (tertiary/aromatic N) is 1. The van der Waals surface area contributed by atoms with Crippen LogP contribution in [0, 0.1) is 0 Å². The maximum Gasteiger partial charge on any atom is 0.267 e. The topological polar surface area (TPSA) is 145 Å². The van der Waals surface area contributed by atoms with Crippen LogP contribution in [0.1, 0.15) is 34.1 Å². The first-order chi connectivity index (χ1) is 13.8. The van der Waals surface area contributed by atoms with Crippen LogP contribution in [0.15, 0.2) is 42.5 Å². The summed E-state index contributed by atoms with van der Waals surface area (Å²) in [5.41, 5.74) is 11.4. The average Bonchev–Trinajstić information content (AvgIpc) is 2.68. The van der Waals surface area contributed by atoms with E-state index in [0.717, 1.165) is 0 Å². The van der Waals surface area contributed by atoms with Crippen LogP contribution in [0.2, 0.25) is 0 Å². The molecule has 0 saturated heterocycles. The molecule has 0 radical (unpaired) electrons. The Balaban J connectivity index is 1.73. The highest BCUT2D eigenvalue weighted by molar-refractivity contribution is 6.03. The molecule has 4 amide bonds. The molecule has 2 aromatic carbocycles. The molecule has 9 nitrogen and oxygen atoms in total. The van der Waals surface area contributed by atoms with Crippen molar-refractivity contribution in [2.24, 2.45) is 11.5 Å². The Hall–Kier alpha value is -3.88. The minimum absolute atomic E-state index is 0.0144. The molecule has 1 aliphatic heterocycles. The summed E-state index contributed by atoms with van der Waals surface area (Å²) in [6, 6.07) is 11.0. The number of ether oxygens (including phenoxy) is 1. The van der Waals surface area contributed by atoms with Crippen molar-refractivity contribution in [3.05, 3.63) is 53.6 Å². The monoisotopic (exact) mass is 396 g/mol. The number of anilines is 2. The molecule has 2 aromatic rings. The van der Waals surface area contributed by atoms with Gasteiger partial charge >= 0.3 is 0 Å². The Morgan fingerprint density at radius 1 is 1.07 bits per heavy atom. The number of carbonyl (C=O) groups excluding carboxylic acids is 4. The lowest BCUT2D eigenvalue weighted by Gasteiger charge is -2.32. The number of nitrogens with two attached hydrogens (primary N) is 2. The maximum atomic E-state index is 12.5. The van der Waals surface area contributed by atoms with E-state index in [9.17, 15) is 19.2 Å². The van der Waals surface area contributed by atoms with E-state index in [2.05, 4.69) is 5.32 Å². The number of rotatable bonds is 6. The van der Waals surface area contributed by atoms with Gasteiger partial charge in [0, 0.05) is 29.8 Å². The fourth-order valence-corrected chi connectivity index (χ4v) is 3.01. The molecular formula is C20H20N4O5. The first-order valence-corrected chi connectivity index (χ1v) is 8.88. The van der Waals surface area contributed by atoms with Crippen molar-refractivity contribution in [2.75, 3.05) is 16.8 Å². The van der Waals surface area contributed by atoms with Crippen molar-refractivity contribution < 1.29 is 23.9 Å². The Labute approximate surface area is 166 Å². The molecule has 1 aliphatic rings. The molecule has 150 valence electrons. The molecule has 0 aliphatic carbocycles. The molecule has 3 rings (SSSR count). The fourth-order valence-electron chi connectivity index (χ4n) is 3.01. The van der Waals surface area contributed by atoms with E-state index in [4.69, 9.17) is 16.2 Å². The second kappa shape index (κ2) is 8.01. The Morgan fingerprint density at radius 3 is 2.31 bits per heavy atom. The van der Waals surface area contributed by atoms with Crippen LogP contribution in [0.25, 0.3) is 0 Å². The van der Waals surface area contributed by atoms with Gasteiger partial charge < -0.3 is 26.4 Å². The summed E-state index contributed by atoms with van der Waals surface area (Å²) in [7, 11) is 0. The van der Waals surface area contributed by atoms with Crippen LogP contribution in [-0.4, -0.2) is 36.3 Å². The van der Waals surface area contributed by atoms with E-state index in [1.807, 2.05) is 0 Å². The highest BCUT2D eigenvalue weighted by Gasteiger charge is 2.31. The predicted octanol–water partition coefficient (Wildman–Crippen LogP) is 1.03. The number of amides is 4. The highest BCUT2D eigenvalue weighted by Crippen LogP contribution is 2.33. The molecule has 0 aromatic heterocycles. The molecular weight excluding hydrogens is 376 g/mol. The second-order valence-corrected chi connectivity index (χ2v) is 6.54. The zero-order valence-electron chi connectivity index (χ0n) is 15.7. The van der Waals surface area contributed by atoms with Crippen molar-refractivity contribution >= 4 is 35.0 Å². The summed E-state index contributed by atoms with van der Waals surface area (Å²) in [4.78, 5) is 49.2. The van der Waals surface area contributed by atoms with E-state index >= 15 is 0 Å². The van der Waals surface area contributed by atoms with Crippen LogP contribution < -0.4 is 26.4 Å². The maximum absolute atomic E-state index is 12.5. The van der Waals surface area contributed by atoms with Gasteiger partial charge in [0.15, 0.2) is 6.10 Å². The molecule has 9 heteroatoms. The van der Waals surface area contributed by atoms with Gasteiger partial charge in [0.1, 0.15) is 5.75 Å². The normalized spacial score (nSPS) is 15.3. The number of carbonyl (C=O) groups is 4. The van der Waals surface area contributed by atoms with Gasteiger partial charge in [0.05, 0.1) is 5.69 Å². The first kappa shape index (κ1) is 19.9. The van der Waals surface area contributed by atoms with Crippen LogP contribution in [0.3, 0.4) is 0 Å². The van der Waals surface area contributed by atoms with Gasteiger partial charge in [-0.25, -0.2) is 0 Å². The zero-order valence-corrected chi connectivity index (χ0v) is 15.7. The predicted molar refractivity (Wildman–Crippen MR) is 106 cm³/mol. The molecule has 0 bridgehead atoms. The Kier molecular flexibility index (Phi) is 5.49. The van der Waals surface area contributed by atoms with E-state index in [0.29, 0.717) is 11.4 Å². The van der Waals surface area contributed by atoms with E-state index in [-0.39, 0.29) is 35.7 Å². The molecule has 1 atom stereocenters. The molecule has 0 fully saturated rings. The van der Waals surface area contributed by atoms with E-state index in [1.165, 1.54) is 23.1 Å². The number of benzene rings is 2. The number of fused-ring (bicyclic) bond motifs is 1. The third-order valence-electron chi connectivity index (χ3n) is 4.42. The van der Waals surface area contributed by atoms with Crippen molar-refractivity contribution in [3.63, 3.8) is 0 Å². The summed E-state index contributed by atoms with van der Waals surface area (Å²) >= 11 is 0. The Morgan fingerprint density at radius 2 is 1.69 bits per heavy atom. The molecule has 0 spiro atoms. The minimum Gasteiger partial charge on any atom is -0.479 e. The van der Waals surface area contributed by atoms with Gasteiger partial charge in [-0.1, -0.05) is 12.1 Å². The molecule has 0 unspecified atom stereocenters. The highest BCUT2D eigenvalue weighted by atomic mass is 16.5. The van der Waals surface area contributed by atoms with Gasteiger partial charge in [-0.05, 0) is 37.3 Å². The van der Waals surface area contributed by atoms with Gasteiger partial charge in [0.25, 0.3) is 5.91 Å². The van der Waals surface area contributed by atoms with Gasteiger partial charge in [0.2, 0.25) is 17.7 Å². The van der Waals surface area contributed by atoms with Gasteiger partial charge in [-0.3, -0.25) is 19.2 Å². The van der Waals surface area contributed by atoms with Crippen molar-refractivity contribution in [1.82, 2.24) is 0 Å². The second-order valence-electron chi connectivity index (χ2n) is 6.54. The number of para-hydroxylation sites is 2. The Bertz CT molecular complexity index is 972. The SMILES string of the molecule is C[C@H]1Oc2ccccc2N(CCC(=O)Nc2cc(C(N)=O)cc(C(N)=O)c2)C1=O. The zero-order chi connectivity index (χ0) is 21.1. The summed E-state index contributed by atoms with van der Waals surface area (Å²) in [5.74, 6) is -1.60. The molecule has 0 saturated carbocycles. The van der Waals surface area contributed by atoms with E-state index < -0.39 is 23.8 Å². The van der Waals surface area contributed by atoms with Crippen molar-refractivity contribution in [1.29, 1.82) is 0 Å². The number of hydrogen-bond donors (Lipinski definition) is 3. The lowest BCUT2D eigenvalue weighted by atomic mass is 10.1. The molecule has 1 heterocycles. The molecule has 29 heavy (non-hydrogen) atoms. The summed E-state index contributed by atoms with van der Waals surface area (Å²) < 4.78 is 5.57. The van der Waals surface area contributed by atoms with E-state index in [1.54, 1.807) is 31.2 Å². The lowest BCUT2D eigenvalue weighted by molar-refractivity contribution is -0.125. The summed E-state index contributed by atoms with van der Waals surface area (Å²) in [6.07, 6.45) is -0.669. The van der Waals surface area contributed by atoms with Gasteiger partial charge in [-0.2, -0.15) is 0 Å². The number of primary amides is 2. The fraction of sp³-hybridized carbons (Fsp3) is 0.200. The van der Waals surface area contributed by atoms with Crippen LogP contribution in [0.4, 0.5) is 11.4 Å². The average molecular weight is 396 g/mol. The third kappa shape index (κ3) is 4.34. The van der Waals surface area contributed by atoms with Crippen LogP contribution in [0.5, 0.6) is 5.75 Å². The van der Waals surface area contributed by atoms with Crippen LogP contribution >= 0.6 is 0 Å². The first-order valence-electron chi connectivity index (χ1n) is 8.88. The minimum atomic E-state index is -0.756. The quantitative estimate of drug-likeness (QED) is 0.668. The largest absolute Gasteiger partial charge is 0.479 e. The smallest absolute Gasteiger partial charge is 0.267 e. The lowest BCUT2D eigenvalue weighted by Crippen LogP contribution is -2.45. The summed E-state index contributed by atoms with van der Waals surface area (Å²) in [6.45, 7) is 1.78. The van der Waals surface area contributed by atoms with Crippen molar-refractivity contribution in [3.8, 4) is 5.75 Å². The van der Waals surface area contributed by atoms with Crippen LogP contribution in [-0.2, 0) is 9.59 Å². The molecule has 5 N–H and O–H groups in total. The number of hydrogen-bond acceptors (Lipinski definition) is 5. The number of nitrogens with one attached hydrogen (secondary N) is 1. The standard InChI is InChI=1S/C20H20N4O5/c1-11-20(28)24(15-4-2-3-5-16(15)29-11)7-6-17(25)23-14-9-12(18(21)26)8-13(10-14)19(22)27/h2-5,8-11H,6-7H2,1H3,(H2,21,26)(H2,22,27)(H,23,25)/t11-/m1/s1.